The van der Waals surface area contributed by atoms with E-state index in [1.54, 1.807) is 28.2 Å². The number of benzene rings is 1. The van der Waals surface area contributed by atoms with E-state index in [1.165, 1.54) is 6.21 Å². The summed E-state index contributed by atoms with van der Waals surface area (Å²) in [4.78, 5) is 36.6. The number of ether oxygens (including phenoxy) is 2. The third-order valence-corrected chi connectivity index (χ3v) is 7.70. The van der Waals surface area contributed by atoms with Crippen LogP contribution in [0.25, 0.3) is 0 Å². The number of allylic oxidation sites excluding steroid dienone is 2. The lowest BCUT2D eigenvalue weighted by Gasteiger charge is -2.44. The lowest BCUT2D eigenvalue weighted by Crippen LogP contribution is -2.55. The molecule has 3 heterocycles. The molecular weight excluding hydrogens is 458 g/mol. The van der Waals surface area contributed by atoms with Crippen LogP contribution in [-0.2, 0) is 11.3 Å². The fourth-order valence-corrected chi connectivity index (χ4v) is 5.97. The molecule has 2 saturated heterocycles. The molecule has 3 amide bonds. The summed E-state index contributed by atoms with van der Waals surface area (Å²) in [6, 6.07) is 3.90. The van der Waals surface area contributed by atoms with Crippen molar-refractivity contribution in [2.24, 2.45) is 10.7 Å². The zero-order valence-electron chi connectivity index (χ0n) is 22.1. The molecule has 0 bridgehead atoms. The van der Waals surface area contributed by atoms with Crippen LogP contribution in [0.1, 0.15) is 50.7 Å². The van der Waals surface area contributed by atoms with Crippen molar-refractivity contribution < 1.29 is 19.1 Å². The smallest absolute Gasteiger partial charge is 0.325 e. The van der Waals surface area contributed by atoms with E-state index in [0.29, 0.717) is 56.0 Å². The van der Waals surface area contributed by atoms with E-state index in [0.717, 1.165) is 22.6 Å². The van der Waals surface area contributed by atoms with Gasteiger partial charge in [-0.3, -0.25) is 14.7 Å². The van der Waals surface area contributed by atoms with Gasteiger partial charge >= 0.3 is 6.03 Å². The summed E-state index contributed by atoms with van der Waals surface area (Å²) in [5.74, 6) is 1.39. The molecule has 3 aliphatic rings. The average molecular weight is 496 g/mol. The molecule has 36 heavy (non-hydrogen) atoms. The van der Waals surface area contributed by atoms with Crippen LogP contribution in [0.4, 0.5) is 4.79 Å². The number of urea groups is 1. The summed E-state index contributed by atoms with van der Waals surface area (Å²) < 4.78 is 11.2. The highest BCUT2D eigenvalue weighted by molar-refractivity contribution is 6.12. The van der Waals surface area contributed by atoms with Gasteiger partial charge in [0, 0.05) is 61.8 Å². The minimum absolute atomic E-state index is 0.00173. The second-order valence-electron chi connectivity index (χ2n) is 9.66. The van der Waals surface area contributed by atoms with Gasteiger partial charge in [-0.05, 0) is 38.3 Å². The zero-order chi connectivity index (χ0) is 26.2. The van der Waals surface area contributed by atoms with Crippen LogP contribution in [0.15, 0.2) is 40.2 Å². The van der Waals surface area contributed by atoms with Crippen molar-refractivity contribution in [1.29, 1.82) is 0 Å². The van der Waals surface area contributed by atoms with Gasteiger partial charge in [0.05, 0.1) is 31.9 Å². The average Bonchev–Trinajstić information content (AvgIpc) is 2.97. The normalized spacial score (nSPS) is 21.7. The third-order valence-electron chi connectivity index (χ3n) is 7.70. The van der Waals surface area contributed by atoms with Crippen molar-refractivity contribution in [3.05, 3.63) is 46.3 Å². The van der Waals surface area contributed by atoms with Gasteiger partial charge in [-0.25, -0.2) is 4.79 Å². The highest BCUT2D eigenvalue weighted by Crippen LogP contribution is 2.49. The van der Waals surface area contributed by atoms with Crippen molar-refractivity contribution in [2.45, 2.75) is 51.6 Å². The number of rotatable bonds is 5. The Kier molecular flexibility index (Phi) is 7.02. The molecule has 3 aliphatic heterocycles. The van der Waals surface area contributed by atoms with E-state index in [-0.39, 0.29) is 17.9 Å². The highest BCUT2D eigenvalue weighted by Gasteiger charge is 2.55. The number of nitrogens with zero attached hydrogens (tertiary/aromatic N) is 4. The Morgan fingerprint density at radius 3 is 2.50 bits per heavy atom. The molecule has 9 heteroatoms. The Labute approximate surface area is 213 Å². The number of aliphatic imine (C=N–C) groups is 1. The Bertz CT molecular complexity index is 1140. The first kappa shape index (κ1) is 25.6. The number of carbonyl (C=O) groups excluding carboxylic acids is 2. The number of carbonyl (C=O) groups is 2. The second kappa shape index (κ2) is 9.87. The monoisotopic (exact) mass is 495 g/mol. The number of fused-ring (bicyclic) bond motifs is 3. The van der Waals surface area contributed by atoms with Gasteiger partial charge in [0.1, 0.15) is 11.5 Å². The van der Waals surface area contributed by atoms with E-state index in [2.05, 4.69) is 18.0 Å². The SMILES string of the molecule is CCN1C(=O)N2Cc3cc(OC)cc(OC)c3[C@@H](C)C=C2C12CCN(C(=O)C(C=NC)=C(C)N)CC2. The summed E-state index contributed by atoms with van der Waals surface area (Å²) >= 11 is 0. The van der Waals surface area contributed by atoms with Crippen molar-refractivity contribution in [2.75, 3.05) is 40.9 Å². The van der Waals surface area contributed by atoms with Crippen LogP contribution >= 0.6 is 0 Å². The molecule has 9 nitrogen and oxygen atoms in total. The molecule has 1 atom stereocenters. The van der Waals surface area contributed by atoms with E-state index in [9.17, 15) is 9.59 Å². The largest absolute Gasteiger partial charge is 0.497 e. The lowest BCUT2D eigenvalue weighted by atomic mass is 9.82. The molecule has 2 N–H and O–H groups in total. The van der Waals surface area contributed by atoms with Crippen molar-refractivity contribution in [3.8, 4) is 11.5 Å². The Morgan fingerprint density at radius 2 is 1.94 bits per heavy atom. The molecule has 0 aromatic heterocycles. The molecule has 0 radical (unpaired) electrons. The highest BCUT2D eigenvalue weighted by atomic mass is 16.5. The van der Waals surface area contributed by atoms with Crippen molar-refractivity contribution in [3.63, 3.8) is 0 Å². The molecule has 0 saturated carbocycles. The predicted molar refractivity (Wildman–Crippen MR) is 139 cm³/mol. The van der Waals surface area contributed by atoms with Gasteiger partial charge in [-0.15, -0.1) is 0 Å². The van der Waals surface area contributed by atoms with Crippen LogP contribution in [0, 0.1) is 0 Å². The third kappa shape index (κ3) is 4.00. The van der Waals surface area contributed by atoms with Crippen LogP contribution in [0.2, 0.25) is 0 Å². The van der Waals surface area contributed by atoms with Gasteiger partial charge in [-0.1, -0.05) is 13.0 Å². The number of likely N-dealkylation sites (tertiary alicyclic amines) is 1. The first-order valence-corrected chi connectivity index (χ1v) is 12.5. The summed E-state index contributed by atoms with van der Waals surface area (Å²) in [6.45, 7) is 7.97. The van der Waals surface area contributed by atoms with Gasteiger partial charge in [0.15, 0.2) is 0 Å². The number of amides is 3. The fraction of sp³-hybridized carbons (Fsp3) is 0.519. The zero-order valence-corrected chi connectivity index (χ0v) is 22.1. The molecule has 4 rings (SSSR count). The summed E-state index contributed by atoms with van der Waals surface area (Å²) in [5.41, 5.74) is 9.49. The Balaban J connectivity index is 1.70. The van der Waals surface area contributed by atoms with E-state index >= 15 is 0 Å². The Morgan fingerprint density at radius 1 is 1.25 bits per heavy atom. The lowest BCUT2D eigenvalue weighted by molar-refractivity contribution is -0.128. The quantitative estimate of drug-likeness (QED) is 0.499. The first-order chi connectivity index (χ1) is 17.2. The standard InChI is InChI=1S/C27H37N5O4/c1-7-32-26(34)31-16-19-13-20(35-5)14-22(36-6)24(19)17(2)12-23(31)27(32)8-10-30(11-9-27)25(33)21(15-29-4)18(3)28/h12-15,17H,7-11,16,28H2,1-6H3/t17-/m0/s1. The van der Waals surface area contributed by atoms with Gasteiger partial charge < -0.3 is 25.0 Å². The van der Waals surface area contributed by atoms with Crippen LogP contribution < -0.4 is 15.2 Å². The Hall–Kier alpha value is -3.49. The molecule has 1 aromatic rings. The van der Waals surface area contributed by atoms with Crippen molar-refractivity contribution in [1.82, 2.24) is 14.7 Å². The maximum Gasteiger partial charge on any atom is 0.325 e. The number of piperidine rings is 1. The number of hydrogen-bond acceptors (Lipinski definition) is 6. The number of hydrogen-bond donors (Lipinski definition) is 1. The van der Waals surface area contributed by atoms with Gasteiger partial charge in [-0.2, -0.15) is 0 Å². The fourth-order valence-electron chi connectivity index (χ4n) is 5.97. The van der Waals surface area contributed by atoms with Gasteiger partial charge in [0.25, 0.3) is 5.91 Å². The van der Waals surface area contributed by atoms with E-state index in [1.807, 2.05) is 33.8 Å². The van der Waals surface area contributed by atoms with Crippen molar-refractivity contribution >= 4 is 18.2 Å². The molecule has 2 fully saturated rings. The molecule has 1 aromatic carbocycles. The minimum atomic E-state index is -0.462. The number of nitrogens with two attached hydrogens (primary N) is 1. The van der Waals surface area contributed by atoms with E-state index < -0.39 is 5.54 Å². The maximum atomic E-state index is 13.7. The molecular formula is C27H37N5O4. The maximum absolute atomic E-state index is 13.7. The summed E-state index contributed by atoms with van der Waals surface area (Å²) in [5, 5.41) is 0. The molecule has 0 unspecified atom stereocenters. The topological polar surface area (TPSA) is 101 Å². The number of likely N-dealkylation sites (N-methyl/N-ethyl adjacent to an activating group) is 1. The summed E-state index contributed by atoms with van der Waals surface area (Å²) in [6.07, 6.45) is 5.05. The van der Waals surface area contributed by atoms with Crippen LogP contribution in [-0.4, -0.2) is 79.3 Å². The van der Waals surface area contributed by atoms with Crippen LogP contribution in [0.3, 0.4) is 0 Å². The van der Waals surface area contributed by atoms with Gasteiger partial charge in [0.2, 0.25) is 0 Å². The molecule has 1 spiro atoms. The first-order valence-electron chi connectivity index (χ1n) is 12.5. The van der Waals surface area contributed by atoms with Crippen LogP contribution in [0.5, 0.6) is 11.5 Å². The number of methoxy groups -OCH3 is 2. The minimum Gasteiger partial charge on any atom is -0.497 e. The second-order valence-corrected chi connectivity index (χ2v) is 9.66. The van der Waals surface area contributed by atoms with E-state index in [4.69, 9.17) is 15.2 Å². The molecule has 0 aliphatic carbocycles. The predicted octanol–water partition coefficient (Wildman–Crippen LogP) is 3.26. The molecule has 194 valence electrons. The summed E-state index contributed by atoms with van der Waals surface area (Å²) in [7, 11) is 4.92.